The predicted molar refractivity (Wildman–Crippen MR) is 134 cm³/mol. The van der Waals surface area contributed by atoms with Crippen LogP contribution < -0.4 is 23.7 Å². The molecule has 0 saturated heterocycles. The van der Waals surface area contributed by atoms with Crippen LogP contribution in [0.4, 0.5) is 0 Å². The van der Waals surface area contributed by atoms with Crippen LogP contribution in [-0.4, -0.2) is 34.4 Å². The van der Waals surface area contributed by atoms with E-state index >= 15 is 0 Å². The molecule has 178 valence electrons. The van der Waals surface area contributed by atoms with Crippen LogP contribution in [0, 0.1) is 11.3 Å². The topological polar surface area (TPSA) is 87.0 Å². The maximum atomic E-state index is 12.4. The quantitative estimate of drug-likeness (QED) is 0.136. The Labute approximate surface area is 204 Å². The number of hydrogen-bond acceptors (Lipinski definition) is 7. The van der Waals surface area contributed by atoms with Gasteiger partial charge in [-0.15, -0.1) is 0 Å². The van der Waals surface area contributed by atoms with Gasteiger partial charge in [0.05, 0.1) is 40.1 Å². The number of ether oxygens (including phenoxy) is 5. The summed E-state index contributed by atoms with van der Waals surface area (Å²) in [4.78, 5) is 12.4. The van der Waals surface area contributed by atoms with Gasteiger partial charge in [0, 0.05) is 6.08 Å². The first kappa shape index (κ1) is 24.9. The predicted octanol–water partition coefficient (Wildman–Crippen LogP) is 5.40. The van der Waals surface area contributed by atoms with Crippen molar-refractivity contribution in [2.45, 2.75) is 0 Å². The molecule has 7 heteroatoms. The summed E-state index contributed by atoms with van der Waals surface area (Å²) in [5, 5.41) is 9.61. The molecule has 7 nitrogen and oxygen atoms in total. The minimum Gasteiger partial charge on any atom is -0.497 e. The molecule has 0 N–H and O–H groups in total. The third-order valence-corrected chi connectivity index (χ3v) is 5.05. The highest BCUT2D eigenvalue weighted by atomic mass is 16.6. The lowest BCUT2D eigenvalue weighted by molar-refractivity contribution is -0.129. The Morgan fingerprint density at radius 3 is 1.97 bits per heavy atom. The summed E-state index contributed by atoms with van der Waals surface area (Å²) in [5.41, 5.74) is 2.69. The molecule has 0 amide bonds. The normalized spacial score (nSPS) is 11.0. The second kappa shape index (κ2) is 12.0. The van der Waals surface area contributed by atoms with Crippen LogP contribution in [0.15, 0.2) is 66.7 Å². The van der Waals surface area contributed by atoms with Gasteiger partial charge in [0.15, 0.2) is 23.0 Å². The smallest absolute Gasteiger partial charge is 0.336 e. The highest BCUT2D eigenvalue weighted by Crippen LogP contribution is 2.31. The largest absolute Gasteiger partial charge is 0.497 e. The Balaban J connectivity index is 1.76. The molecular weight excluding hydrogens is 446 g/mol. The summed E-state index contributed by atoms with van der Waals surface area (Å²) in [5.74, 6) is 1.90. The Kier molecular flexibility index (Phi) is 8.52. The molecule has 0 aliphatic heterocycles. The van der Waals surface area contributed by atoms with Gasteiger partial charge in [-0.25, -0.2) is 4.79 Å². The first-order chi connectivity index (χ1) is 17.0. The molecule has 0 radical (unpaired) electrons. The van der Waals surface area contributed by atoms with E-state index in [1.807, 2.05) is 12.1 Å². The zero-order valence-corrected chi connectivity index (χ0v) is 19.9. The van der Waals surface area contributed by atoms with Crippen molar-refractivity contribution in [2.24, 2.45) is 0 Å². The molecule has 0 aliphatic rings. The van der Waals surface area contributed by atoms with Crippen molar-refractivity contribution in [1.82, 2.24) is 0 Å². The Morgan fingerprint density at radius 1 is 0.743 bits per heavy atom. The van der Waals surface area contributed by atoms with Crippen LogP contribution in [0.25, 0.3) is 17.7 Å². The maximum absolute atomic E-state index is 12.4. The van der Waals surface area contributed by atoms with E-state index in [1.165, 1.54) is 13.2 Å². The first-order valence-electron chi connectivity index (χ1n) is 10.6. The Bertz CT molecular complexity index is 1290. The number of hydrogen-bond donors (Lipinski definition) is 0. The highest BCUT2D eigenvalue weighted by molar-refractivity contribution is 5.91. The van der Waals surface area contributed by atoms with Crippen LogP contribution in [-0.2, 0) is 4.79 Å². The SMILES string of the molecule is COc1ccc(/C(C#N)=C\c2ccc(OC(=O)/C=C/c3ccc(OC)c(OC)c3)c(OC)c2)cc1. The summed E-state index contributed by atoms with van der Waals surface area (Å²) in [6.45, 7) is 0. The average molecular weight is 472 g/mol. The van der Waals surface area contributed by atoms with E-state index in [1.54, 1.807) is 82.0 Å². The molecular formula is C28H25NO6. The summed E-state index contributed by atoms with van der Waals surface area (Å²) in [6, 6.07) is 19.8. The molecule has 3 aromatic rings. The van der Waals surface area contributed by atoms with Crippen molar-refractivity contribution in [3.8, 4) is 34.8 Å². The molecule has 0 unspecified atom stereocenters. The van der Waals surface area contributed by atoms with Crippen molar-refractivity contribution >= 4 is 23.7 Å². The van der Waals surface area contributed by atoms with E-state index < -0.39 is 5.97 Å². The monoisotopic (exact) mass is 471 g/mol. The molecule has 0 aromatic heterocycles. The number of carbonyl (C=O) groups excluding carboxylic acids is 1. The van der Waals surface area contributed by atoms with E-state index in [2.05, 4.69) is 6.07 Å². The third kappa shape index (κ3) is 6.42. The van der Waals surface area contributed by atoms with Gasteiger partial charge in [-0.2, -0.15) is 5.26 Å². The summed E-state index contributed by atoms with van der Waals surface area (Å²) >= 11 is 0. The second-order valence-corrected chi connectivity index (χ2v) is 7.18. The molecule has 0 atom stereocenters. The van der Waals surface area contributed by atoms with E-state index in [0.717, 1.165) is 16.7 Å². The van der Waals surface area contributed by atoms with Gasteiger partial charge < -0.3 is 23.7 Å². The third-order valence-electron chi connectivity index (χ3n) is 5.05. The van der Waals surface area contributed by atoms with Gasteiger partial charge >= 0.3 is 5.97 Å². The minimum atomic E-state index is -0.572. The fourth-order valence-corrected chi connectivity index (χ4v) is 3.24. The Morgan fingerprint density at radius 2 is 1.34 bits per heavy atom. The molecule has 0 spiro atoms. The molecule has 35 heavy (non-hydrogen) atoms. The molecule has 0 saturated carbocycles. The van der Waals surface area contributed by atoms with Gasteiger partial charge in [0.25, 0.3) is 0 Å². The first-order valence-corrected chi connectivity index (χ1v) is 10.6. The fourth-order valence-electron chi connectivity index (χ4n) is 3.24. The van der Waals surface area contributed by atoms with Crippen LogP contribution in [0.1, 0.15) is 16.7 Å². The number of carbonyl (C=O) groups is 1. The lowest BCUT2D eigenvalue weighted by Crippen LogP contribution is -2.05. The van der Waals surface area contributed by atoms with Gasteiger partial charge in [0.2, 0.25) is 0 Å². The van der Waals surface area contributed by atoms with Crippen LogP contribution in [0.3, 0.4) is 0 Å². The van der Waals surface area contributed by atoms with Crippen molar-refractivity contribution < 1.29 is 28.5 Å². The van der Waals surface area contributed by atoms with Crippen LogP contribution >= 0.6 is 0 Å². The molecule has 0 aliphatic carbocycles. The number of allylic oxidation sites excluding steroid dienone is 1. The number of rotatable bonds is 9. The fraction of sp³-hybridized carbons (Fsp3) is 0.143. The lowest BCUT2D eigenvalue weighted by atomic mass is 10.0. The zero-order chi connectivity index (χ0) is 25.2. The minimum absolute atomic E-state index is 0.259. The van der Waals surface area contributed by atoms with Gasteiger partial charge in [0.1, 0.15) is 5.75 Å². The van der Waals surface area contributed by atoms with Gasteiger partial charge in [-0.3, -0.25) is 0 Å². The van der Waals surface area contributed by atoms with Crippen LogP contribution in [0.2, 0.25) is 0 Å². The number of methoxy groups -OCH3 is 4. The lowest BCUT2D eigenvalue weighted by Gasteiger charge is -2.09. The summed E-state index contributed by atoms with van der Waals surface area (Å²) < 4.78 is 26.5. The molecule has 3 aromatic carbocycles. The maximum Gasteiger partial charge on any atom is 0.336 e. The Hall–Kier alpha value is -4.70. The number of esters is 1. The standard InChI is InChI=1S/C28H25NO6/c1-31-23-10-8-21(9-11-23)22(18-29)15-20-6-13-25(27(17-20)34-4)35-28(30)14-7-19-5-12-24(32-2)26(16-19)33-3/h5-17H,1-4H3/b14-7+,22-15-. The van der Waals surface area contributed by atoms with E-state index in [-0.39, 0.29) is 5.75 Å². The van der Waals surface area contributed by atoms with Crippen molar-refractivity contribution in [1.29, 1.82) is 5.26 Å². The zero-order valence-electron chi connectivity index (χ0n) is 19.9. The highest BCUT2D eigenvalue weighted by Gasteiger charge is 2.10. The van der Waals surface area contributed by atoms with Crippen molar-refractivity contribution in [3.05, 3.63) is 83.4 Å². The second-order valence-electron chi connectivity index (χ2n) is 7.18. The van der Waals surface area contributed by atoms with Crippen molar-refractivity contribution in [2.75, 3.05) is 28.4 Å². The number of benzene rings is 3. The summed E-state index contributed by atoms with van der Waals surface area (Å²) in [6.07, 6.45) is 4.65. The molecule has 3 rings (SSSR count). The number of nitrogens with zero attached hydrogens (tertiary/aromatic N) is 1. The average Bonchev–Trinajstić information content (AvgIpc) is 2.91. The summed E-state index contributed by atoms with van der Waals surface area (Å²) in [7, 11) is 6.16. The van der Waals surface area contributed by atoms with Crippen molar-refractivity contribution in [3.63, 3.8) is 0 Å². The molecule has 0 bridgehead atoms. The van der Waals surface area contributed by atoms with Gasteiger partial charge in [-0.05, 0) is 77.4 Å². The van der Waals surface area contributed by atoms with E-state index in [0.29, 0.717) is 28.6 Å². The van der Waals surface area contributed by atoms with Gasteiger partial charge in [-0.1, -0.05) is 12.1 Å². The van der Waals surface area contributed by atoms with E-state index in [9.17, 15) is 10.1 Å². The van der Waals surface area contributed by atoms with E-state index in [4.69, 9.17) is 23.7 Å². The van der Waals surface area contributed by atoms with Crippen LogP contribution in [0.5, 0.6) is 28.7 Å². The molecule has 0 fully saturated rings. The molecule has 0 heterocycles. The number of nitriles is 1.